The fourth-order valence-corrected chi connectivity index (χ4v) is 2.70. The Morgan fingerprint density at radius 1 is 1.53 bits per heavy atom. The minimum absolute atomic E-state index is 0.498. The maximum atomic E-state index is 11.0. The molecule has 5 heteroatoms. The predicted octanol–water partition coefficient (Wildman–Crippen LogP) is 2.82. The van der Waals surface area contributed by atoms with E-state index in [2.05, 4.69) is 4.98 Å². The normalized spacial score (nSPS) is 19.0. The van der Waals surface area contributed by atoms with Gasteiger partial charge in [0.05, 0.1) is 4.91 Å². The summed E-state index contributed by atoms with van der Waals surface area (Å²) >= 11 is -0.319. The molecule has 80 valence electrons. The minimum atomic E-state index is -1.88. The highest BCUT2D eigenvalue weighted by atomic mass is 32.2. The summed E-state index contributed by atoms with van der Waals surface area (Å²) in [6, 6.07) is 0. The lowest BCUT2D eigenvalue weighted by Crippen LogP contribution is -1.90. The molecule has 1 aliphatic rings. The van der Waals surface area contributed by atoms with Crippen LogP contribution in [0, 0.1) is 0 Å². The molecule has 0 amide bonds. The van der Waals surface area contributed by atoms with Gasteiger partial charge in [0.2, 0.25) is 0 Å². The van der Waals surface area contributed by atoms with E-state index in [9.17, 15) is 4.21 Å². The first-order chi connectivity index (χ1) is 7.27. The molecule has 0 saturated heterocycles. The summed E-state index contributed by atoms with van der Waals surface area (Å²) in [6.45, 7) is 0. The lowest BCUT2D eigenvalue weighted by Gasteiger charge is -2.00. The largest absolute Gasteiger partial charge is 0.302 e. The van der Waals surface area contributed by atoms with Crippen LogP contribution in [-0.4, -0.2) is 13.7 Å². The molecule has 2 rings (SSSR count). The van der Waals surface area contributed by atoms with Crippen LogP contribution in [0.1, 0.15) is 24.3 Å². The van der Waals surface area contributed by atoms with Crippen molar-refractivity contribution in [1.82, 2.24) is 4.98 Å². The fourth-order valence-electron chi connectivity index (χ4n) is 1.51. The van der Waals surface area contributed by atoms with Crippen molar-refractivity contribution in [2.45, 2.75) is 19.3 Å². The van der Waals surface area contributed by atoms with Gasteiger partial charge in [0.15, 0.2) is 11.1 Å². The summed E-state index contributed by atoms with van der Waals surface area (Å²) in [5.41, 5.74) is 1.07. The maximum absolute atomic E-state index is 11.0. The topological polar surface area (TPSA) is 50.2 Å². The summed E-state index contributed by atoms with van der Waals surface area (Å²) in [4.78, 5) is 4.72. The molecule has 0 saturated carbocycles. The molecule has 0 aromatic carbocycles. The molecule has 1 aromatic rings. The van der Waals surface area contributed by atoms with E-state index in [1.54, 1.807) is 23.6 Å². The van der Waals surface area contributed by atoms with Crippen LogP contribution >= 0.6 is 11.3 Å². The van der Waals surface area contributed by atoms with E-state index >= 15 is 0 Å². The number of rotatable bonds is 2. The zero-order valence-electron chi connectivity index (χ0n) is 8.05. The van der Waals surface area contributed by atoms with Crippen molar-refractivity contribution >= 4 is 28.0 Å². The number of aromatic nitrogens is 1. The Bertz CT molecular complexity index is 421. The number of hydrogen-bond acceptors (Lipinski definition) is 3. The van der Waals surface area contributed by atoms with E-state index in [-0.39, 0.29) is 0 Å². The average Bonchev–Trinajstić information content (AvgIpc) is 2.62. The molecule has 15 heavy (non-hydrogen) atoms. The predicted molar refractivity (Wildman–Crippen MR) is 62.8 cm³/mol. The van der Waals surface area contributed by atoms with E-state index in [0.29, 0.717) is 4.91 Å². The molecule has 1 aliphatic carbocycles. The Morgan fingerprint density at radius 3 is 3.07 bits per heavy atom. The van der Waals surface area contributed by atoms with Crippen LogP contribution in [-0.2, 0) is 11.1 Å². The van der Waals surface area contributed by atoms with Crippen molar-refractivity contribution in [3.05, 3.63) is 33.6 Å². The van der Waals surface area contributed by atoms with Crippen LogP contribution in [0.4, 0.5) is 0 Å². The second kappa shape index (κ2) is 4.83. The molecule has 0 fully saturated rings. The Labute approximate surface area is 94.8 Å². The molecule has 0 radical (unpaired) electrons. The molecule has 1 N–H and O–H groups in total. The SMILES string of the molecule is O=S(O)C1=CCCCC(c2nccs2)=C1. The third kappa shape index (κ3) is 2.62. The zero-order chi connectivity index (χ0) is 10.7. The first kappa shape index (κ1) is 10.7. The molecular weight excluding hydrogens is 230 g/mol. The molecule has 3 nitrogen and oxygen atoms in total. The van der Waals surface area contributed by atoms with E-state index in [0.717, 1.165) is 29.8 Å². The van der Waals surface area contributed by atoms with E-state index in [4.69, 9.17) is 4.55 Å². The summed E-state index contributed by atoms with van der Waals surface area (Å²) in [5, 5.41) is 2.87. The number of hydrogen-bond donors (Lipinski definition) is 1. The Hall–Kier alpha value is -0.780. The van der Waals surface area contributed by atoms with Gasteiger partial charge in [-0.15, -0.1) is 11.3 Å². The maximum Gasteiger partial charge on any atom is 0.186 e. The summed E-state index contributed by atoms with van der Waals surface area (Å²) < 4.78 is 20.1. The first-order valence-corrected chi connectivity index (χ1v) is 6.67. The van der Waals surface area contributed by atoms with Crippen molar-refractivity contribution in [2.24, 2.45) is 0 Å². The van der Waals surface area contributed by atoms with Crippen LogP contribution < -0.4 is 0 Å². The Morgan fingerprint density at radius 2 is 2.40 bits per heavy atom. The molecule has 1 atom stereocenters. The van der Waals surface area contributed by atoms with Crippen LogP contribution in [0.2, 0.25) is 0 Å². The number of nitrogens with zero attached hydrogens (tertiary/aromatic N) is 1. The molecule has 0 aliphatic heterocycles. The molecule has 1 heterocycles. The van der Waals surface area contributed by atoms with Gasteiger partial charge in [-0.25, -0.2) is 9.19 Å². The molecule has 1 unspecified atom stereocenters. The van der Waals surface area contributed by atoms with Crippen molar-refractivity contribution in [3.63, 3.8) is 0 Å². The van der Waals surface area contributed by atoms with Crippen LogP contribution in [0.25, 0.3) is 5.57 Å². The van der Waals surface area contributed by atoms with Crippen molar-refractivity contribution in [1.29, 1.82) is 0 Å². The van der Waals surface area contributed by atoms with Gasteiger partial charge < -0.3 is 4.55 Å². The average molecular weight is 241 g/mol. The third-order valence-corrected chi connectivity index (χ3v) is 3.76. The first-order valence-electron chi connectivity index (χ1n) is 4.69. The van der Waals surface area contributed by atoms with Crippen molar-refractivity contribution in [2.75, 3.05) is 0 Å². The number of thiazole rings is 1. The highest BCUT2D eigenvalue weighted by Crippen LogP contribution is 2.27. The molecule has 0 bridgehead atoms. The van der Waals surface area contributed by atoms with E-state index < -0.39 is 11.1 Å². The van der Waals surface area contributed by atoms with Crippen molar-refractivity contribution < 1.29 is 8.76 Å². The van der Waals surface area contributed by atoms with Gasteiger partial charge in [0.25, 0.3) is 0 Å². The smallest absolute Gasteiger partial charge is 0.186 e. The molecular formula is C10H11NO2S2. The zero-order valence-corrected chi connectivity index (χ0v) is 9.68. The summed E-state index contributed by atoms with van der Waals surface area (Å²) in [5.74, 6) is 0. The van der Waals surface area contributed by atoms with Gasteiger partial charge in [0, 0.05) is 11.6 Å². The summed E-state index contributed by atoms with van der Waals surface area (Å²) in [7, 11) is 0. The lowest BCUT2D eigenvalue weighted by molar-refractivity contribution is 0.572. The second-order valence-corrected chi connectivity index (χ2v) is 5.12. The monoisotopic (exact) mass is 241 g/mol. The molecule has 0 spiro atoms. The van der Waals surface area contributed by atoms with Gasteiger partial charge in [-0.1, -0.05) is 6.08 Å². The quantitative estimate of drug-likeness (QED) is 0.810. The van der Waals surface area contributed by atoms with Gasteiger partial charge in [-0.3, -0.25) is 0 Å². The van der Waals surface area contributed by atoms with Gasteiger partial charge >= 0.3 is 0 Å². The lowest BCUT2D eigenvalue weighted by atomic mass is 10.1. The van der Waals surface area contributed by atoms with E-state index in [1.165, 1.54) is 0 Å². The highest BCUT2D eigenvalue weighted by Gasteiger charge is 2.11. The fraction of sp³-hybridized carbons (Fsp3) is 0.300. The van der Waals surface area contributed by atoms with E-state index in [1.807, 2.05) is 11.5 Å². The van der Waals surface area contributed by atoms with Gasteiger partial charge in [-0.2, -0.15) is 0 Å². The Kier molecular flexibility index (Phi) is 3.45. The Balaban J connectivity index is 2.32. The highest BCUT2D eigenvalue weighted by molar-refractivity contribution is 7.83. The van der Waals surface area contributed by atoms with Gasteiger partial charge in [0.1, 0.15) is 5.01 Å². The van der Waals surface area contributed by atoms with Gasteiger partial charge in [-0.05, 0) is 30.9 Å². The standard InChI is InChI=1S/C10H11NO2S2/c12-15(13)9-4-2-1-3-8(7-9)10-11-5-6-14-10/h4-7H,1-3H2,(H,12,13). The summed E-state index contributed by atoms with van der Waals surface area (Å²) in [6.07, 6.45) is 8.16. The number of allylic oxidation sites excluding steroid dienone is 3. The van der Waals surface area contributed by atoms with Crippen molar-refractivity contribution in [3.8, 4) is 0 Å². The van der Waals surface area contributed by atoms with Crippen LogP contribution in [0.5, 0.6) is 0 Å². The molecule has 1 aromatic heterocycles. The van der Waals surface area contributed by atoms with Crippen LogP contribution in [0.3, 0.4) is 0 Å². The minimum Gasteiger partial charge on any atom is -0.302 e. The second-order valence-electron chi connectivity index (χ2n) is 3.25. The third-order valence-electron chi connectivity index (χ3n) is 2.22. The van der Waals surface area contributed by atoms with Crippen LogP contribution in [0.15, 0.2) is 28.6 Å².